The zero-order valence-electron chi connectivity index (χ0n) is 12.9. The molecule has 1 aliphatic rings. The standard InChI is InChI=1S/C16H18F2N2O4/c17-12-6-5-11(7-13(12)18)20-14(21)8-19-15(22)9-24-16(23)10-3-1-2-4-10/h5-7,10H,1-4,8-9H2,(H,19,22)(H,20,21). The Balaban J connectivity index is 1.68. The molecule has 130 valence electrons. The summed E-state index contributed by atoms with van der Waals surface area (Å²) in [6.45, 7) is -0.827. The van der Waals surface area contributed by atoms with Gasteiger partial charge in [0.2, 0.25) is 5.91 Å². The summed E-state index contributed by atoms with van der Waals surface area (Å²) in [5, 5.41) is 4.59. The van der Waals surface area contributed by atoms with Gasteiger partial charge >= 0.3 is 5.97 Å². The van der Waals surface area contributed by atoms with Crippen molar-refractivity contribution in [3.05, 3.63) is 29.8 Å². The number of rotatable bonds is 6. The Kier molecular flexibility index (Phi) is 6.22. The van der Waals surface area contributed by atoms with Crippen molar-refractivity contribution >= 4 is 23.5 Å². The van der Waals surface area contributed by atoms with Crippen molar-refractivity contribution in [2.24, 2.45) is 5.92 Å². The van der Waals surface area contributed by atoms with E-state index in [1.54, 1.807) is 0 Å². The maximum atomic E-state index is 13.0. The van der Waals surface area contributed by atoms with Crippen LogP contribution in [0.1, 0.15) is 25.7 Å². The summed E-state index contributed by atoms with van der Waals surface area (Å²) in [6.07, 6.45) is 3.51. The third-order valence-corrected chi connectivity index (χ3v) is 3.68. The van der Waals surface area contributed by atoms with Gasteiger partial charge in [-0.1, -0.05) is 12.8 Å². The summed E-state index contributed by atoms with van der Waals surface area (Å²) in [5.74, 6) is -3.87. The molecular formula is C16H18F2N2O4. The molecule has 0 atom stereocenters. The zero-order valence-corrected chi connectivity index (χ0v) is 12.9. The summed E-state index contributed by atoms with van der Waals surface area (Å²) in [5.41, 5.74) is 0.0702. The maximum Gasteiger partial charge on any atom is 0.309 e. The van der Waals surface area contributed by atoms with Gasteiger partial charge < -0.3 is 15.4 Å². The van der Waals surface area contributed by atoms with Crippen LogP contribution in [0.3, 0.4) is 0 Å². The van der Waals surface area contributed by atoms with Crippen LogP contribution >= 0.6 is 0 Å². The molecule has 6 nitrogen and oxygen atoms in total. The molecule has 0 spiro atoms. The highest BCUT2D eigenvalue weighted by molar-refractivity contribution is 5.94. The fourth-order valence-electron chi connectivity index (χ4n) is 2.43. The van der Waals surface area contributed by atoms with Crippen molar-refractivity contribution in [1.82, 2.24) is 5.32 Å². The number of nitrogens with one attached hydrogen (secondary N) is 2. The van der Waals surface area contributed by atoms with Gasteiger partial charge in [0.25, 0.3) is 5.91 Å². The topological polar surface area (TPSA) is 84.5 Å². The van der Waals surface area contributed by atoms with Crippen molar-refractivity contribution in [3.63, 3.8) is 0 Å². The third kappa shape index (κ3) is 5.29. The molecule has 0 radical (unpaired) electrons. The molecule has 0 bridgehead atoms. The minimum atomic E-state index is -1.09. The Morgan fingerprint density at radius 2 is 1.79 bits per heavy atom. The van der Waals surface area contributed by atoms with Crippen molar-refractivity contribution in [1.29, 1.82) is 0 Å². The van der Waals surface area contributed by atoms with Crippen LogP contribution in [0.2, 0.25) is 0 Å². The number of ether oxygens (including phenoxy) is 1. The number of hydrogen-bond acceptors (Lipinski definition) is 4. The van der Waals surface area contributed by atoms with Gasteiger partial charge in [0.15, 0.2) is 18.2 Å². The molecule has 1 aromatic rings. The summed E-state index contributed by atoms with van der Waals surface area (Å²) < 4.78 is 30.7. The van der Waals surface area contributed by atoms with E-state index < -0.39 is 36.0 Å². The SMILES string of the molecule is O=C(COC(=O)C1CCCC1)NCC(=O)Nc1ccc(F)c(F)c1. The van der Waals surface area contributed by atoms with Crippen LogP contribution in [-0.4, -0.2) is 30.9 Å². The smallest absolute Gasteiger partial charge is 0.309 e. The van der Waals surface area contributed by atoms with Gasteiger partial charge in [-0.15, -0.1) is 0 Å². The normalized spacial score (nSPS) is 14.2. The predicted molar refractivity (Wildman–Crippen MR) is 80.9 cm³/mol. The number of carbonyl (C=O) groups is 3. The average Bonchev–Trinajstić information content (AvgIpc) is 3.08. The average molecular weight is 340 g/mol. The summed E-state index contributed by atoms with van der Waals surface area (Å²) in [7, 11) is 0. The Bertz CT molecular complexity index is 631. The highest BCUT2D eigenvalue weighted by Gasteiger charge is 2.24. The summed E-state index contributed by atoms with van der Waals surface area (Å²) in [6, 6.07) is 2.91. The molecule has 1 fully saturated rings. The van der Waals surface area contributed by atoms with Crippen molar-refractivity contribution in [2.45, 2.75) is 25.7 Å². The second-order valence-electron chi connectivity index (χ2n) is 5.54. The van der Waals surface area contributed by atoms with Crippen LogP contribution in [0.25, 0.3) is 0 Å². The van der Waals surface area contributed by atoms with E-state index in [1.165, 1.54) is 6.07 Å². The van der Waals surface area contributed by atoms with Crippen LogP contribution in [-0.2, 0) is 19.1 Å². The molecule has 1 aliphatic carbocycles. The second-order valence-corrected chi connectivity index (χ2v) is 5.54. The first kappa shape index (κ1) is 17.8. The Labute approximate surface area is 137 Å². The molecule has 0 unspecified atom stereocenters. The van der Waals surface area contributed by atoms with E-state index in [9.17, 15) is 23.2 Å². The lowest BCUT2D eigenvalue weighted by Gasteiger charge is -2.10. The number of anilines is 1. The molecule has 0 aliphatic heterocycles. The van der Waals surface area contributed by atoms with Crippen LogP contribution in [0, 0.1) is 17.6 Å². The molecule has 2 amide bonds. The summed E-state index contributed by atoms with van der Waals surface area (Å²) >= 11 is 0. The van der Waals surface area contributed by atoms with Gasteiger partial charge in [-0.05, 0) is 25.0 Å². The van der Waals surface area contributed by atoms with E-state index in [2.05, 4.69) is 10.6 Å². The Morgan fingerprint density at radius 1 is 1.08 bits per heavy atom. The van der Waals surface area contributed by atoms with Crippen LogP contribution in [0.4, 0.5) is 14.5 Å². The van der Waals surface area contributed by atoms with Crippen LogP contribution < -0.4 is 10.6 Å². The van der Waals surface area contributed by atoms with E-state index >= 15 is 0 Å². The molecule has 24 heavy (non-hydrogen) atoms. The minimum absolute atomic E-state index is 0.0702. The van der Waals surface area contributed by atoms with E-state index in [1.807, 2.05) is 0 Å². The number of halogens is 2. The van der Waals surface area contributed by atoms with Crippen molar-refractivity contribution in [2.75, 3.05) is 18.5 Å². The van der Waals surface area contributed by atoms with Gasteiger partial charge in [-0.3, -0.25) is 14.4 Å². The van der Waals surface area contributed by atoms with Gasteiger partial charge in [0.05, 0.1) is 12.5 Å². The van der Waals surface area contributed by atoms with Gasteiger partial charge in [0, 0.05) is 11.8 Å². The molecule has 1 saturated carbocycles. The quantitative estimate of drug-likeness (QED) is 0.773. The number of esters is 1. The van der Waals surface area contributed by atoms with Crippen LogP contribution in [0.15, 0.2) is 18.2 Å². The number of amides is 2. The fourth-order valence-corrected chi connectivity index (χ4v) is 2.43. The van der Waals surface area contributed by atoms with Gasteiger partial charge in [0.1, 0.15) is 0 Å². The molecule has 0 heterocycles. The van der Waals surface area contributed by atoms with Crippen molar-refractivity contribution < 1.29 is 27.9 Å². The van der Waals surface area contributed by atoms with Crippen molar-refractivity contribution in [3.8, 4) is 0 Å². The molecule has 0 aromatic heterocycles. The molecule has 2 N–H and O–H groups in total. The molecule has 1 aromatic carbocycles. The molecular weight excluding hydrogens is 322 g/mol. The first-order chi connectivity index (χ1) is 11.5. The lowest BCUT2D eigenvalue weighted by atomic mass is 10.1. The van der Waals surface area contributed by atoms with Gasteiger partial charge in [-0.2, -0.15) is 0 Å². The largest absolute Gasteiger partial charge is 0.455 e. The highest BCUT2D eigenvalue weighted by Crippen LogP contribution is 2.25. The van der Waals surface area contributed by atoms with E-state index in [0.717, 1.165) is 37.8 Å². The Hall–Kier alpha value is -2.51. The molecule has 8 heteroatoms. The summed E-state index contributed by atoms with van der Waals surface area (Å²) in [4.78, 5) is 34.8. The third-order valence-electron chi connectivity index (χ3n) is 3.68. The number of benzene rings is 1. The minimum Gasteiger partial charge on any atom is -0.455 e. The van der Waals surface area contributed by atoms with Gasteiger partial charge in [-0.25, -0.2) is 8.78 Å². The maximum absolute atomic E-state index is 13.0. The number of carbonyl (C=O) groups excluding carboxylic acids is 3. The Morgan fingerprint density at radius 3 is 2.46 bits per heavy atom. The highest BCUT2D eigenvalue weighted by atomic mass is 19.2. The van der Waals surface area contributed by atoms with E-state index in [4.69, 9.17) is 4.74 Å². The number of hydrogen-bond donors (Lipinski definition) is 2. The zero-order chi connectivity index (χ0) is 17.5. The fraction of sp³-hybridized carbons (Fsp3) is 0.438. The van der Waals surface area contributed by atoms with E-state index in [0.29, 0.717) is 0 Å². The predicted octanol–water partition coefficient (Wildman–Crippen LogP) is 1.75. The lowest BCUT2D eigenvalue weighted by Crippen LogP contribution is -2.36. The van der Waals surface area contributed by atoms with E-state index in [-0.39, 0.29) is 18.2 Å². The van der Waals surface area contributed by atoms with Crippen LogP contribution in [0.5, 0.6) is 0 Å². The lowest BCUT2D eigenvalue weighted by molar-refractivity contribution is -0.152. The first-order valence-corrected chi connectivity index (χ1v) is 7.64. The molecule has 2 rings (SSSR count). The monoisotopic (exact) mass is 340 g/mol. The first-order valence-electron chi connectivity index (χ1n) is 7.64. The second kappa shape index (κ2) is 8.37. The molecule has 0 saturated heterocycles.